The van der Waals surface area contributed by atoms with E-state index < -0.39 is 19.6 Å². The van der Waals surface area contributed by atoms with Crippen LogP contribution in [-0.4, -0.2) is 48.1 Å². The van der Waals surface area contributed by atoms with E-state index in [1.54, 1.807) is 28.4 Å². The second-order valence-electron chi connectivity index (χ2n) is 5.35. The third-order valence-electron chi connectivity index (χ3n) is 3.31. The Morgan fingerprint density at radius 1 is 0.833 bits per heavy atom. The third kappa shape index (κ3) is 2.60. The maximum absolute atomic E-state index is 5.60. The van der Waals surface area contributed by atoms with Gasteiger partial charge in [-0.3, -0.25) is 0 Å². The van der Waals surface area contributed by atoms with E-state index in [4.69, 9.17) is 18.9 Å². The molecule has 0 spiro atoms. The largest absolute Gasteiger partial charge is 0.347 e. The summed E-state index contributed by atoms with van der Waals surface area (Å²) in [6.45, 7) is 6.71. The van der Waals surface area contributed by atoms with Gasteiger partial charge in [-0.05, 0) is 23.4 Å². The van der Waals surface area contributed by atoms with E-state index in [1.165, 1.54) is 0 Å². The molecule has 5 heteroatoms. The lowest BCUT2D eigenvalue weighted by atomic mass is 10.0. The van der Waals surface area contributed by atoms with Crippen LogP contribution in [0.2, 0.25) is 19.6 Å². The van der Waals surface area contributed by atoms with Crippen LogP contribution >= 0.6 is 0 Å². The number of ether oxygens (including phenoxy) is 4. The first kappa shape index (κ1) is 15.6. The Labute approximate surface area is 111 Å². The summed E-state index contributed by atoms with van der Waals surface area (Å²) < 4.78 is 22.1. The highest BCUT2D eigenvalue weighted by atomic mass is 28.3. The summed E-state index contributed by atoms with van der Waals surface area (Å²) >= 11 is 0. The quantitative estimate of drug-likeness (QED) is 0.437. The molecule has 4 nitrogen and oxygen atoms in total. The van der Waals surface area contributed by atoms with Crippen LogP contribution < -0.4 is 0 Å². The Morgan fingerprint density at radius 3 is 1.67 bits per heavy atom. The van der Waals surface area contributed by atoms with Crippen LogP contribution in [-0.2, 0) is 18.9 Å². The molecule has 0 N–H and O–H groups in total. The van der Waals surface area contributed by atoms with Crippen molar-refractivity contribution in [3.05, 3.63) is 23.4 Å². The highest BCUT2D eigenvalue weighted by Crippen LogP contribution is 2.38. The molecular formula is C13H24O4Si. The average Bonchev–Trinajstić information content (AvgIpc) is 2.37. The fourth-order valence-corrected chi connectivity index (χ4v) is 4.15. The van der Waals surface area contributed by atoms with Gasteiger partial charge in [0.05, 0.1) is 8.07 Å². The van der Waals surface area contributed by atoms with Gasteiger partial charge in [0.15, 0.2) is 0 Å². The standard InChI is InChI=1S/C13H24O4Si/c1-14-12(15-2)8-9-13(16-3,17-4)11(10-12)18(5,6)7/h8-10H,1-7H3. The lowest BCUT2D eigenvalue weighted by molar-refractivity contribution is -0.163. The van der Waals surface area contributed by atoms with E-state index in [0.717, 1.165) is 5.20 Å². The zero-order valence-electron chi connectivity index (χ0n) is 12.4. The van der Waals surface area contributed by atoms with Crippen LogP contribution in [0, 0.1) is 0 Å². The Hall–Kier alpha value is -0.463. The topological polar surface area (TPSA) is 36.9 Å². The molecule has 0 radical (unpaired) electrons. The minimum Gasteiger partial charge on any atom is -0.347 e. The van der Waals surface area contributed by atoms with Crippen LogP contribution in [0.3, 0.4) is 0 Å². The van der Waals surface area contributed by atoms with E-state index in [0.29, 0.717) is 0 Å². The van der Waals surface area contributed by atoms with Crippen molar-refractivity contribution >= 4 is 8.07 Å². The van der Waals surface area contributed by atoms with Gasteiger partial charge in [0.2, 0.25) is 11.6 Å². The Morgan fingerprint density at radius 2 is 1.33 bits per heavy atom. The van der Waals surface area contributed by atoms with Gasteiger partial charge in [0, 0.05) is 28.4 Å². The van der Waals surface area contributed by atoms with Crippen molar-refractivity contribution in [3.63, 3.8) is 0 Å². The van der Waals surface area contributed by atoms with E-state index >= 15 is 0 Å². The fourth-order valence-electron chi connectivity index (χ4n) is 2.18. The van der Waals surface area contributed by atoms with Gasteiger partial charge in [-0.25, -0.2) is 0 Å². The Bertz CT molecular complexity index is 346. The van der Waals surface area contributed by atoms with Crippen molar-refractivity contribution in [1.82, 2.24) is 0 Å². The van der Waals surface area contributed by atoms with E-state index in [2.05, 4.69) is 19.6 Å². The summed E-state index contributed by atoms with van der Waals surface area (Å²) in [5.41, 5.74) is 0. The number of rotatable bonds is 5. The van der Waals surface area contributed by atoms with E-state index in [9.17, 15) is 0 Å². The van der Waals surface area contributed by atoms with Gasteiger partial charge in [-0.1, -0.05) is 19.6 Å². The van der Waals surface area contributed by atoms with Crippen LogP contribution in [0.15, 0.2) is 23.4 Å². The summed E-state index contributed by atoms with van der Waals surface area (Å²) in [4.78, 5) is 0. The fraction of sp³-hybridized carbons (Fsp3) is 0.692. The zero-order valence-corrected chi connectivity index (χ0v) is 13.4. The molecular weight excluding hydrogens is 248 g/mol. The molecule has 0 saturated heterocycles. The molecule has 0 atom stereocenters. The van der Waals surface area contributed by atoms with Crippen LogP contribution in [0.1, 0.15) is 0 Å². The van der Waals surface area contributed by atoms with Gasteiger partial charge in [-0.15, -0.1) is 0 Å². The maximum atomic E-state index is 5.60. The summed E-state index contributed by atoms with van der Waals surface area (Å²) in [6.07, 6.45) is 5.67. The van der Waals surface area contributed by atoms with Crippen molar-refractivity contribution < 1.29 is 18.9 Å². The first-order valence-electron chi connectivity index (χ1n) is 5.94. The molecule has 104 valence electrons. The maximum Gasteiger partial charge on any atom is 0.207 e. The molecule has 0 heterocycles. The number of hydrogen-bond donors (Lipinski definition) is 0. The lowest BCUT2D eigenvalue weighted by Crippen LogP contribution is -2.49. The number of methoxy groups -OCH3 is 4. The zero-order chi connectivity index (χ0) is 14.0. The monoisotopic (exact) mass is 272 g/mol. The molecule has 1 rings (SSSR count). The smallest absolute Gasteiger partial charge is 0.207 e. The molecule has 0 unspecified atom stereocenters. The lowest BCUT2D eigenvalue weighted by Gasteiger charge is -2.42. The summed E-state index contributed by atoms with van der Waals surface area (Å²) in [7, 11) is 4.89. The Balaban J connectivity index is 3.35. The molecule has 0 aromatic heterocycles. The average molecular weight is 272 g/mol. The summed E-state index contributed by atoms with van der Waals surface area (Å²) in [5.74, 6) is -1.62. The second kappa shape index (κ2) is 5.26. The van der Waals surface area contributed by atoms with Gasteiger partial charge in [-0.2, -0.15) is 0 Å². The predicted molar refractivity (Wildman–Crippen MR) is 74.1 cm³/mol. The Kier molecular flexibility index (Phi) is 4.56. The number of hydrogen-bond acceptors (Lipinski definition) is 4. The van der Waals surface area contributed by atoms with Crippen LogP contribution in [0.5, 0.6) is 0 Å². The second-order valence-corrected chi connectivity index (χ2v) is 10.4. The van der Waals surface area contributed by atoms with Crippen LogP contribution in [0.25, 0.3) is 0 Å². The van der Waals surface area contributed by atoms with Crippen molar-refractivity contribution in [2.24, 2.45) is 0 Å². The van der Waals surface area contributed by atoms with Gasteiger partial charge in [0.1, 0.15) is 0 Å². The molecule has 0 amide bonds. The molecule has 18 heavy (non-hydrogen) atoms. The van der Waals surface area contributed by atoms with Crippen molar-refractivity contribution in [2.45, 2.75) is 31.2 Å². The molecule has 0 bridgehead atoms. The molecule has 0 aromatic rings. The predicted octanol–water partition coefficient (Wildman–Crippen LogP) is 2.34. The minimum atomic E-state index is -1.66. The SMILES string of the molecule is COC1(OC)C=CC(OC)(OC)C([Si](C)(C)C)=C1. The van der Waals surface area contributed by atoms with Gasteiger partial charge >= 0.3 is 0 Å². The van der Waals surface area contributed by atoms with Crippen molar-refractivity contribution in [3.8, 4) is 0 Å². The molecule has 1 aliphatic carbocycles. The third-order valence-corrected chi connectivity index (χ3v) is 5.42. The van der Waals surface area contributed by atoms with Crippen molar-refractivity contribution in [2.75, 3.05) is 28.4 Å². The minimum absolute atomic E-state index is 0.801. The van der Waals surface area contributed by atoms with E-state index in [1.807, 2.05) is 18.2 Å². The molecule has 0 aromatic carbocycles. The molecule has 0 aliphatic heterocycles. The summed E-state index contributed by atoms with van der Waals surface area (Å²) in [5, 5.41) is 1.10. The van der Waals surface area contributed by atoms with Crippen LogP contribution in [0.4, 0.5) is 0 Å². The normalized spacial score (nSPS) is 21.8. The van der Waals surface area contributed by atoms with Crippen molar-refractivity contribution in [1.29, 1.82) is 0 Å². The van der Waals surface area contributed by atoms with E-state index in [-0.39, 0.29) is 0 Å². The summed E-state index contributed by atoms with van der Waals surface area (Å²) in [6, 6.07) is 0. The molecule has 0 fully saturated rings. The van der Waals surface area contributed by atoms with Gasteiger partial charge < -0.3 is 18.9 Å². The molecule has 0 saturated carbocycles. The first-order valence-corrected chi connectivity index (χ1v) is 9.44. The first-order chi connectivity index (χ1) is 8.29. The highest BCUT2D eigenvalue weighted by Gasteiger charge is 2.45. The van der Waals surface area contributed by atoms with Gasteiger partial charge in [0.25, 0.3) is 0 Å². The highest BCUT2D eigenvalue weighted by molar-refractivity contribution is 6.83. The molecule has 1 aliphatic rings.